The van der Waals surface area contributed by atoms with Crippen LogP contribution in [0.25, 0.3) is 0 Å². The smallest absolute Gasteiger partial charge is 0.325 e. The summed E-state index contributed by atoms with van der Waals surface area (Å²) in [5.41, 5.74) is 3.21. The lowest BCUT2D eigenvalue weighted by Crippen LogP contribution is -2.49. The summed E-state index contributed by atoms with van der Waals surface area (Å²) in [7, 11) is 0. The number of Topliss-reactive ketones (excluding diaryl/α,β-unsaturated/α-hetero) is 1. The first-order valence-electron chi connectivity index (χ1n) is 12.6. The van der Waals surface area contributed by atoms with Gasteiger partial charge in [0.1, 0.15) is 12.6 Å². The molecule has 4 rings (SSSR count). The number of fused-ring (bicyclic) bond motifs is 1. The molecule has 0 saturated carbocycles. The summed E-state index contributed by atoms with van der Waals surface area (Å²) >= 11 is 0. The fraction of sp³-hybridized carbons (Fsp3) is 0.429. The first-order valence-corrected chi connectivity index (χ1v) is 12.6. The number of imide groups is 1. The van der Waals surface area contributed by atoms with Crippen molar-refractivity contribution in [2.45, 2.75) is 51.7 Å². The van der Waals surface area contributed by atoms with Crippen molar-refractivity contribution in [3.05, 3.63) is 71.3 Å². The summed E-state index contributed by atoms with van der Waals surface area (Å²) in [6, 6.07) is 15.1. The monoisotopic (exact) mass is 490 g/mol. The van der Waals surface area contributed by atoms with Gasteiger partial charge in [-0.2, -0.15) is 0 Å². The Morgan fingerprint density at radius 1 is 1.00 bits per heavy atom. The molecule has 190 valence electrons. The molecule has 2 aliphatic heterocycles. The number of hydrogen-bond acceptors (Lipinski definition) is 5. The molecule has 0 spiro atoms. The fourth-order valence-corrected chi connectivity index (χ4v) is 4.90. The first-order chi connectivity index (χ1) is 17.3. The normalized spacial score (nSPS) is 19.0. The van der Waals surface area contributed by atoms with Crippen molar-refractivity contribution in [1.29, 1.82) is 0 Å². The van der Waals surface area contributed by atoms with E-state index in [1.165, 1.54) is 11.1 Å². The Balaban J connectivity index is 1.38. The Hall–Kier alpha value is -3.52. The van der Waals surface area contributed by atoms with E-state index in [1.807, 2.05) is 32.0 Å². The average molecular weight is 491 g/mol. The number of carbonyl (C=O) groups excluding carboxylic acids is 4. The van der Waals surface area contributed by atoms with Crippen molar-refractivity contribution in [3.63, 3.8) is 0 Å². The third-order valence-corrected chi connectivity index (χ3v) is 6.70. The van der Waals surface area contributed by atoms with Gasteiger partial charge in [-0.25, -0.2) is 4.79 Å². The molecule has 4 amide bonds. The molecule has 2 aromatic rings. The lowest BCUT2D eigenvalue weighted by molar-refractivity contribution is -0.133. The van der Waals surface area contributed by atoms with Crippen LogP contribution in [0.1, 0.15) is 49.4 Å². The van der Waals surface area contributed by atoms with E-state index in [0.717, 1.165) is 24.3 Å². The first kappa shape index (κ1) is 25.6. The minimum atomic E-state index is -0.814. The number of carbonyl (C=O) groups is 4. The van der Waals surface area contributed by atoms with E-state index >= 15 is 0 Å². The number of ketones is 1. The molecule has 2 atom stereocenters. The van der Waals surface area contributed by atoms with Gasteiger partial charge in [-0.05, 0) is 48.4 Å². The Morgan fingerprint density at radius 3 is 2.42 bits per heavy atom. The lowest BCUT2D eigenvalue weighted by Gasteiger charge is -2.25. The van der Waals surface area contributed by atoms with Gasteiger partial charge in [0.05, 0.1) is 12.6 Å². The summed E-state index contributed by atoms with van der Waals surface area (Å²) in [5, 5.41) is 5.44. The van der Waals surface area contributed by atoms with E-state index in [-0.39, 0.29) is 18.2 Å². The highest BCUT2D eigenvalue weighted by Gasteiger charge is 2.40. The van der Waals surface area contributed by atoms with Crippen LogP contribution in [0.2, 0.25) is 0 Å². The van der Waals surface area contributed by atoms with Crippen LogP contribution in [0.15, 0.2) is 54.6 Å². The van der Waals surface area contributed by atoms with Crippen molar-refractivity contribution in [3.8, 4) is 0 Å². The highest BCUT2D eigenvalue weighted by Crippen LogP contribution is 2.22. The van der Waals surface area contributed by atoms with Gasteiger partial charge in [0.25, 0.3) is 5.91 Å². The van der Waals surface area contributed by atoms with Crippen molar-refractivity contribution in [2.24, 2.45) is 5.92 Å². The van der Waals surface area contributed by atoms with Gasteiger partial charge >= 0.3 is 6.03 Å². The molecule has 0 aromatic heterocycles. The van der Waals surface area contributed by atoms with Crippen LogP contribution in [-0.4, -0.2) is 59.1 Å². The number of hydrogen-bond donors (Lipinski definition) is 2. The van der Waals surface area contributed by atoms with Gasteiger partial charge < -0.3 is 10.6 Å². The number of aryl methyl sites for hydroxylation is 1. The second-order valence-electron chi connectivity index (χ2n) is 10.0. The summed E-state index contributed by atoms with van der Waals surface area (Å²) in [5.74, 6) is -0.872. The van der Waals surface area contributed by atoms with Crippen LogP contribution in [0.4, 0.5) is 4.79 Å². The molecule has 0 aliphatic carbocycles. The summed E-state index contributed by atoms with van der Waals surface area (Å²) in [6.45, 7) is 5.32. The second kappa shape index (κ2) is 11.5. The standard InChI is InChI=1S/C28H34N4O4/c1-19(2)15-23(24(33)17-31-14-8-13-20-9-6-7-12-22(20)16-31)29-25(34)18-32-27(35)26(30-28(32)36)21-10-4-3-5-11-21/h3-7,9-12,19,23,26H,8,13-18H2,1-2H3,(H,29,34)(H,30,36)/t23-,26?/m0/s1. The van der Waals surface area contributed by atoms with Gasteiger partial charge in [-0.15, -0.1) is 0 Å². The number of amides is 4. The Bertz CT molecular complexity index is 1120. The van der Waals surface area contributed by atoms with Crippen molar-refractivity contribution >= 4 is 23.6 Å². The molecule has 2 aliphatic rings. The largest absolute Gasteiger partial charge is 0.345 e. The van der Waals surface area contributed by atoms with E-state index in [4.69, 9.17) is 0 Å². The third-order valence-electron chi connectivity index (χ3n) is 6.70. The van der Waals surface area contributed by atoms with E-state index in [1.54, 1.807) is 24.3 Å². The van der Waals surface area contributed by atoms with Crippen LogP contribution >= 0.6 is 0 Å². The molecular formula is C28H34N4O4. The van der Waals surface area contributed by atoms with Crippen LogP contribution in [0.3, 0.4) is 0 Å². The van der Waals surface area contributed by atoms with Gasteiger partial charge in [-0.3, -0.25) is 24.2 Å². The lowest BCUT2D eigenvalue weighted by atomic mass is 9.99. The van der Waals surface area contributed by atoms with Gasteiger partial charge in [0, 0.05) is 6.54 Å². The molecule has 8 nitrogen and oxygen atoms in total. The topological polar surface area (TPSA) is 98.8 Å². The number of urea groups is 1. The van der Waals surface area contributed by atoms with Crippen LogP contribution in [0, 0.1) is 5.92 Å². The maximum Gasteiger partial charge on any atom is 0.325 e. The van der Waals surface area contributed by atoms with Crippen LogP contribution in [0.5, 0.6) is 0 Å². The predicted octanol–water partition coefficient (Wildman–Crippen LogP) is 2.83. The SMILES string of the molecule is CC(C)C[C@H](NC(=O)CN1C(=O)NC(c2ccccc2)C1=O)C(=O)CN1CCCc2ccccc2C1. The van der Waals surface area contributed by atoms with E-state index in [2.05, 4.69) is 27.7 Å². The zero-order valence-corrected chi connectivity index (χ0v) is 20.9. The molecule has 2 heterocycles. The molecule has 2 aromatic carbocycles. The Kier molecular flexibility index (Phi) is 8.15. The van der Waals surface area contributed by atoms with Crippen LogP contribution < -0.4 is 10.6 Å². The minimum absolute atomic E-state index is 0.0595. The zero-order chi connectivity index (χ0) is 25.7. The van der Waals surface area contributed by atoms with Gasteiger partial charge in [-0.1, -0.05) is 68.4 Å². The second-order valence-corrected chi connectivity index (χ2v) is 10.0. The Morgan fingerprint density at radius 2 is 1.69 bits per heavy atom. The number of nitrogens with one attached hydrogen (secondary N) is 2. The quantitative estimate of drug-likeness (QED) is 0.527. The van der Waals surface area contributed by atoms with Crippen molar-refractivity contribution in [1.82, 2.24) is 20.4 Å². The van der Waals surface area contributed by atoms with E-state index in [9.17, 15) is 19.2 Å². The predicted molar refractivity (Wildman–Crippen MR) is 136 cm³/mol. The van der Waals surface area contributed by atoms with Crippen molar-refractivity contribution < 1.29 is 19.2 Å². The van der Waals surface area contributed by atoms with E-state index in [0.29, 0.717) is 18.5 Å². The molecule has 2 N–H and O–H groups in total. The molecular weight excluding hydrogens is 456 g/mol. The molecule has 1 unspecified atom stereocenters. The molecule has 0 bridgehead atoms. The molecule has 1 saturated heterocycles. The molecule has 8 heteroatoms. The average Bonchev–Trinajstić information content (AvgIpc) is 3.01. The molecule has 36 heavy (non-hydrogen) atoms. The molecule has 1 fully saturated rings. The Labute approximate surface area is 212 Å². The van der Waals surface area contributed by atoms with E-state index < -0.39 is 36.5 Å². The zero-order valence-electron chi connectivity index (χ0n) is 20.9. The fourth-order valence-electron chi connectivity index (χ4n) is 4.90. The maximum atomic E-state index is 13.3. The number of rotatable bonds is 9. The van der Waals surface area contributed by atoms with Gasteiger partial charge in [0.2, 0.25) is 5.91 Å². The molecule has 0 radical (unpaired) electrons. The summed E-state index contributed by atoms with van der Waals surface area (Å²) in [4.78, 5) is 54.5. The van der Waals surface area contributed by atoms with Crippen LogP contribution in [-0.2, 0) is 27.3 Å². The minimum Gasteiger partial charge on any atom is -0.345 e. The van der Waals surface area contributed by atoms with Crippen molar-refractivity contribution in [2.75, 3.05) is 19.6 Å². The van der Waals surface area contributed by atoms with Gasteiger partial charge in [0.15, 0.2) is 5.78 Å². The summed E-state index contributed by atoms with van der Waals surface area (Å²) < 4.78 is 0. The number of nitrogens with zero attached hydrogens (tertiary/aromatic N) is 2. The highest BCUT2D eigenvalue weighted by atomic mass is 16.2. The maximum absolute atomic E-state index is 13.3. The summed E-state index contributed by atoms with van der Waals surface area (Å²) in [6.07, 6.45) is 2.45. The third kappa shape index (κ3) is 6.18. The number of benzene rings is 2. The highest BCUT2D eigenvalue weighted by molar-refractivity contribution is 6.07.